The van der Waals surface area contributed by atoms with E-state index >= 15 is 0 Å². The monoisotopic (exact) mass is 803 g/mol. The molecule has 0 aliphatic carbocycles. The zero-order valence-corrected chi connectivity index (χ0v) is 37.2. The molecular formula is C44H74N4O9. The zero-order chi connectivity index (χ0) is 43.3. The van der Waals surface area contributed by atoms with Crippen LogP contribution in [0.1, 0.15) is 113 Å². The van der Waals surface area contributed by atoms with Crippen molar-refractivity contribution in [2.75, 3.05) is 34.9 Å². The molecule has 2 rings (SSSR count). The number of methoxy groups -OCH3 is 2. The summed E-state index contributed by atoms with van der Waals surface area (Å²) in [5.74, 6) is -2.64. The van der Waals surface area contributed by atoms with Crippen molar-refractivity contribution < 1.29 is 43.3 Å². The van der Waals surface area contributed by atoms with Gasteiger partial charge in [0.1, 0.15) is 0 Å². The number of amides is 4. The van der Waals surface area contributed by atoms with Crippen LogP contribution in [0.4, 0.5) is 4.79 Å². The molecule has 1 heterocycles. The molecule has 4 amide bonds. The Morgan fingerprint density at radius 1 is 0.877 bits per heavy atom. The molecule has 10 atom stereocenters. The molecule has 0 bridgehead atoms. The Morgan fingerprint density at radius 3 is 2.00 bits per heavy atom. The average molecular weight is 803 g/mol. The molecule has 1 aromatic carbocycles. The van der Waals surface area contributed by atoms with Crippen molar-refractivity contribution in [3.8, 4) is 0 Å². The third-order valence-corrected chi connectivity index (χ3v) is 11.8. The summed E-state index contributed by atoms with van der Waals surface area (Å²) < 4.78 is 17.3. The molecule has 1 fully saturated rings. The van der Waals surface area contributed by atoms with E-state index in [0.29, 0.717) is 24.9 Å². The highest BCUT2D eigenvalue weighted by molar-refractivity contribution is 5.92. The van der Waals surface area contributed by atoms with Crippen LogP contribution in [0.5, 0.6) is 0 Å². The quantitative estimate of drug-likeness (QED) is 0.146. The number of aliphatic hydroxyl groups excluding tert-OH is 1. The number of hydrogen-bond acceptors (Lipinski definition) is 9. The number of carbonyl (C=O) groups excluding carboxylic acids is 5. The number of likely N-dealkylation sites (tertiary alicyclic amines) is 1. The molecule has 0 aromatic heterocycles. The lowest BCUT2D eigenvalue weighted by Gasteiger charge is -2.41. The molecule has 1 aliphatic rings. The summed E-state index contributed by atoms with van der Waals surface area (Å²) >= 11 is 0. The number of ether oxygens (including phenoxy) is 3. The topological polar surface area (TPSA) is 155 Å². The van der Waals surface area contributed by atoms with Gasteiger partial charge in [-0.25, -0.2) is 4.79 Å². The smallest absolute Gasteiger partial charge is 0.410 e. The molecule has 1 saturated heterocycles. The Bertz CT molecular complexity index is 1440. The van der Waals surface area contributed by atoms with Crippen LogP contribution in [-0.4, -0.2) is 127 Å². The van der Waals surface area contributed by atoms with E-state index in [1.807, 2.05) is 71.9 Å². The van der Waals surface area contributed by atoms with Crippen LogP contribution in [0.3, 0.4) is 0 Å². The first-order chi connectivity index (χ1) is 26.7. The molecular weight excluding hydrogens is 729 g/mol. The van der Waals surface area contributed by atoms with Gasteiger partial charge in [-0.3, -0.25) is 19.2 Å². The average Bonchev–Trinajstić information content (AvgIpc) is 3.65. The van der Waals surface area contributed by atoms with Gasteiger partial charge in [0.2, 0.25) is 17.7 Å². The SMILES string of the molecule is CC[C@H](C)[C@@H]([C@@H](CC(=O)N1CCC[C@H]1[C@H](OC)[C@@H](C)C(=O)N[C@H](C)[C@@H](O)c1ccccc1)OC)N(C)C(=O)[C@@H](CC(=O)[C@H](C(C)C)N(C)C(=O)OC(C)C)C(C)C. The van der Waals surface area contributed by atoms with Gasteiger partial charge in [-0.1, -0.05) is 85.2 Å². The van der Waals surface area contributed by atoms with Crippen LogP contribution < -0.4 is 5.32 Å². The maximum Gasteiger partial charge on any atom is 0.410 e. The molecule has 2 N–H and O–H groups in total. The summed E-state index contributed by atoms with van der Waals surface area (Å²) in [5.41, 5.74) is 0.700. The largest absolute Gasteiger partial charge is 0.447 e. The second kappa shape index (κ2) is 23.1. The molecule has 13 heteroatoms. The first kappa shape index (κ1) is 49.6. The number of Topliss-reactive ketones (excluding diaryl/α,β-unsaturated/α-hetero) is 1. The summed E-state index contributed by atoms with van der Waals surface area (Å²) in [6.45, 7) is 19.1. The molecule has 0 unspecified atom stereocenters. The maximum atomic E-state index is 14.5. The van der Waals surface area contributed by atoms with Gasteiger partial charge in [0.25, 0.3) is 0 Å². The molecule has 0 radical (unpaired) electrons. The van der Waals surface area contributed by atoms with Gasteiger partial charge in [-0.05, 0) is 56.9 Å². The van der Waals surface area contributed by atoms with Crippen LogP contribution in [0, 0.1) is 29.6 Å². The fourth-order valence-corrected chi connectivity index (χ4v) is 8.32. The number of hydrogen-bond donors (Lipinski definition) is 2. The first-order valence-electron chi connectivity index (χ1n) is 20.8. The van der Waals surface area contributed by atoms with Gasteiger partial charge >= 0.3 is 6.09 Å². The number of aliphatic hydroxyl groups is 1. The zero-order valence-electron chi connectivity index (χ0n) is 37.2. The highest BCUT2D eigenvalue weighted by Crippen LogP contribution is 2.31. The Hall–Kier alpha value is -3.55. The van der Waals surface area contributed by atoms with Gasteiger partial charge in [-0.15, -0.1) is 0 Å². The number of rotatable bonds is 22. The first-order valence-corrected chi connectivity index (χ1v) is 20.8. The summed E-state index contributed by atoms with van der Waals surface area (Å²) in [4.78, 5) is 73.7. The van der Waals surface area contributed by atoms with Crippen molar-refractivity contribution in [1.29, 1.82) is 0 Å². The number of carbonyl (C=O) groups is 5. The molecule has 324 valence electrons. The van der Waals surface area contributed by atoms with E-state index in [0.717, 1.165) is 6.42 Å². The van der Waals surface area contributed by atoms with E-state index < -0.39 is 54.4 Å². The van der Waals surface area contributed by atoms with Crippen molar-refractivity contribution >= 4 is 29.6 Å². The minimum absolute atomic E-state index is 0.000394. The normalized spacial score (nSPS) is 19.3. The third kappa shape index (κ3) is 13.2. The maximum absolute atomic E-state index is 14.5. The van der Waals surface area contributed by atoms with Crippen LogP contribution in [0.15, 0.2) is 30.3 Å². The van der Waals surface area contributed by atoms with E-state index in [4.69, 9.17) is 14.2 Å². The lowest BCUT2D eigenvalue weighted by atomic mass is 9.83. The predicted octanol–water partition coefficient (Wildman–Crippen LogP) is 5.88. The lowest BCUT2D eigenvalue weighted by molar-refractivity contribution is -0.149. The second-order valence-electron chi connectivity index (χ2n) is 17.0. The summed E-state index contributed by atoms with van der Waals surface area (Å²) in [7, 11) is 6.37. The van der Waals surface area contributed by atoms with E-state index in [1.165, 1.54) is 4.90 Å². The molecule has 0 spiro atoms. The van der Waals surface area contributed by atoms with E-state index in [2.05, 4.69) is 5.32 Å². The molecule has 13 nitrogen and oxygen atoms in total. The van der Waals surface area contributed by atoms with Gasteiger partial charge in [0.15, 0.2) is 5.78 Å². The van der Waals surface area contributed by atoms with Crippen molar-refractivity contribution in [2.24, 2.45) is 29.6 Å². The summed E-state index contributed by atoms with van der Waals surface area (Å²) in [6.07, 6.45) is -1.04. The summed E-state index contributed by atoms with van der Waals surface area (Å²) in [6, 6.07) is 6.98. The second-order valence-corrected chi connectivity index (χ2v) is 17.0. The molecule has 57 heavy (non-hydrogen) atoms. The number of likely N-dealkylation sites (N-methyl/N-ethyl adjacent to an activating group) is 2. The Morgan fingerprint density at radius 2 is 1.49 bits per heavy atom. The highest BCUT2D eigenvalue weighted by Gasteiger charge is 2.43. The van der Waals surface area contributed by atoms with Crippen LogP contribution in [0.2, 0.25) is 0 Å². The fraction of sp³-hybridized carbons (Fsp3) is 0.750. The molecule has 0 saturated carbocycles. The van der Waals surface area contributed by atoms with Crippen LogP contribution in [0.25, 0.3) is 0 Å². The summed E-state index contributed by atoms with van der Waals surface area (Å²) in [5, 5.41) is 13.8. The van der Waals surface area contributed by atoms with Crippen molar-refractivity contribution in [1.82, 2.24) is 20.0 Å². The Balaban J connectivity index is 2.28. The molecule has 1 aromatic rings. The van der Waals surface area contributed by atoms with E-state index in [1.54, 1.807) is 65.8 Å². The Kier molecular flexibility index (Phi) is 20.1. The van der Waals surface area contributed by atoms with Crippen LogP contribution in [-0.2, 0) is 33.4 Å². The lowest BCUT2D eigenvalue weighted by Crippen LogP contribution is -2.55. The number of nitrogens with zero attached hydrogens (tertiary/aromatic N) is 3. The number of benzene rings is 1. The van der Waals surface area contributed by atoms with Gasteiger partial charge < -0.3 is 39.3 Å². The van der Waals surface area contributed by atoms with E-state index in [9.17, 15) is 29.1 Å². The van der Waals surface area contributed by atoms with Crippen molar-refractivity contribution in [2.45, 2.75) is 150 Å². The van der Waals surface area contributed by atoms with Gasteiger partial charge in [0.05, 0.1) is 60.9 Å². The minimum Gasteiger partial charge on any atom is -0.447 e. The fourth-order valence-electron chi connectivity index (χ4n) is 8.32. The van der Waals surface area contributed by atoms with Crippen molar-refractivity contribution in [3.63, 3.8) is 0 Å². The minimum atomic E-state index is -0.891. The van der Waals surface area contributed by atoms with Gasteiger partial charge in [0, 0.05) is 47.2 Å². The van der Waals surface area contributed by atoms with E-state index in [-0.39, 0.29) is 66.2 Å². The van der Waals surface area contributed by atoms with Gasteiger partial charge in [-0.2, -0.15) is 0 Å². The number of nitrogens with one attached hydrogen (secondary N) is 1. The third-order valence-electron chi connectivity index (χ3n) is 11.8. The molecule has 1 aliphatic heterocycles. The number of ketones is 1. The van der Waals surface area contributed by atoms with Crippen LogP contribution >= 0.6 is 0 Å². The Labute approximate surface area is 342 Å². The standard InChI is InChI=1S/C44H74N4O9/c1-15-29(8)39(46(11)43(53)33(26(2)3)24-35(49)38(27(4)5)47(12)44(54)57-28(6)7)36(55-13)25-37(50)48-23-19-22-34(48)41(56-14)30(9)42(52)45-31(10)40(51)32-20-17-16-18-21-32/h16-18,20-21,26-31,33-34,36,38-41,51H,15,19,22-25H2,1-14H3,(H,45,52)/t29-,30+,31+,33-,34-,36+,38-,39-,40+,41+/m0/s1. The highest BCUT2D eigenvalue weighted by atomic mass is 16.6. The predicted molar refractivity (Wildman–Crippen MR) is 221 cm³/mol. The van der Waals surface area contributed by atoms with Crippen molar-refractivity contribution in [3.05, 3.63) is 35.9 Å².